The minimum atomic E-state index is -0.999. The number of likely N-dealkylation sites (tertiary alicyclic amines) is 2. The third kappa shape index (κ3) is 7.92. The molecule has 0 aliphatic carbocycles. The van der Waals surface area contributed by atoms with Crippen LogP contribution in [-0.2, 0) is 27.3 Å². The molecule has 10 nitrogen and oxygen atoms in total. The van der Waals surface area contributed by atoms with E-state index < -0.39 is 12.0 Å². The SMILES string of the molecule is CC[C@H]1CCN(C[C@@H]2CCCN2C(=O)CCc2cncn2Cc2ccc(C#N)cc2)C1C(=O)NC(CCSC)C(=O)O. The second-order valence-electron chi connectivity index (χ2n) is 11.3. The summed E-state index contributed by atoms with van der Waals surface area (Å²) in [6, 6.07) is 8.38. The van der Waals surface area contributed by atoms with Crippen molar-refractivity contribution in [1.29, 1.82) is 5.26 Å². The molecule has 2 unspecified atom stereocenters. The van der Waals surface area contributed by atoms with Crippen LogP contribution in [-0.4, -0.2) is 92.0 Å². The molecule has 2 aliphatic heterocycles. The van der Waals surface area contributed by atoms with Gasteiger partial charge in [-0.2, -0.15) is 17.0 Å². The predicted molar refractivity (Wildman–Crippen MR) is 162 cm³/mol. The number of nitrogens with zero attached hydrogens (tertiary/aromatic N) is 5. The molecule has 0 spiro atoms. The van der Waals surface area contributed by atoms with E-state index in [-0.39, 0.29) is 29.8 Å². The van der Waals surface area contributed by atoms with Crippen molar-refractivity contribution >= 4 is 29.5 Å². The number of nitrogens with one attached hydrogen (secondary N) is 1. The Kier molecular flexibility index (Phi) is 11.4. The molecular formula is C31H42N6O4S. The van der Waals surface area contributed by atoms with Crippen LogP contribution < -0.4 is 5.32 Å². The lowest BCUT2D eigenvalue weighted by Crippen LogP contribution is -2.54. The van der Waals surface area contributed by atoms with Gasteiger partial charge in [0, 0.05) is 44.0 Å². The van der Waals surface area contributed by atoms with Crippen LogP contribution in [0.1, 0.15) is 62.3 Å². The number of hydrogen-bond donors (Lipinski definition) is 2. The lowest BCUT2D eigenvalue weighted by atomic mass is 9.96. The van der Waals surface area contributed by atoms with E-state index in [0.717, 1.165) is 43.5 Å². The van der Waals surface area contributed by atoms with Gasteiger partial charge in [0.05, 0.1) is 24.0 Å². The number of amides is 2. The number of aliphatic carboxylic acids is 1. The Morgan fingerprint density at radius 1 is 1.21 bits per heavy atom. The van der Waals surface area contributed by atoms with Gasteiger partial charge in [-0.15, -0.1) is 0 Å². The molecule has 2 aliphatic rings. The Balaban J connectivity index is 1.35. The first-order valence-electron chi connectivity index (χ1n) is 14.9. The van der Waals surface area contributed by atoms with Crippen molar-refractivity contribution in [3.05, 3.63) is 53.6 Å². The van der Waals surface area contributed by atoms with Crippen LogP contribution in [0.15, 0.2) is 36.8 Å². The van der Waals surface area contributed by atoms with Crippen molar-refractivity contribution in [1.82, 2.24) is 24.7 Å². The number of aryl methyl sites for hydroxylation is 1. The first-order chi connectivity index (χ1) is 20.3. The molecule has 226 valence electrons. The Hall–Kier alpha value is -3.36. The highest BCUT2D eigenvalue weighted by molar-refractivity contribution is 7.98. The third-order valence-corrected chi connectivity index (χ3v) is 9.26. The number of benzene rings is 1. The minimum absolute atomic E-state index is 0.0405. The molecule has 0 saturated carbocycles. The molecule has 3 heterocycles. The summed E-state index contributed by atoms with van der Waals surface area (Å²) in [5.74, 6) is -0.265. The molecule has 2 aromatic rings. The van der Waals surface area contributed by atoms with Crippen LogP contribution in [0.4, 0.5) is 0 Å². The van der Waals surface area contributed by atoms with Crippen LogP contribution in [0.2, 0.25) is 0 Å². The highest BCUT2D eigenvalue weighted by Gasteiger charge is 2.42. The molecule has 4 atom stereocenters. The van der Waals surface area contributed by atoms with Crippen molar-refractivity contribution < 1.29 is 19.5 Å². The summed E-state index contributed by atoms with van der Waals surface area (Å²) < 4.78 is 2.04. The van der Waals surface area contributed by atoms with Gasteiger partial charge in [0.1, 0.15) is 6.04 Å². The number of imidazole rings is 1. The van der Waals surface area contributed by atoms with E-state index in [1.54, 1.807) is 36.4 Å². The second-order valence-corrected chi connectivity index (χ2v) is 12.3. The largest absolute Gasteiger partial charge is 0.480 e. The van der Waals surface area contributed by atoms with E-state index in [2.05, 4.69) is 28.2 Å². The smallest absolute Gasteiger partial charge is 0.326 e. The zero-order valence-corrected chi connectivity index (χ0v) is 25.4. The van der Waals surface area contributed by atoms with Gasteiger partial charge in [-0.05, 0) is 74.3 Å². The zero-order valence-electron chi connectivity index (χ0n) is 24.6. The number of hydrogen-bond acceptors (Lipinski definition) is 7. The lowest BCUT2D eigenvalue weighted by Gasteiger charge is -2.33. The maximum absolute atomic E-state index is 13.4. The number of carboxylic acid groups (broad SMARTS) is 1. The van der Waals surface area contributed by atoms with Gasteiger partial charge in [-0.25, -0.2) is 9.78 Å². The van der Waals surface area contributed by atoms with E-state index in [1.807, 2.05) is 27.9 Å². The van der Waals surface area contributed by atoms with Crippen LogP contribution in [0.3, 0.4) is 0 Å². The normalized spacial score (nSPS) is 21.3. The fraction of sp³-hybridized carbons (Fsp3) is 0.581. The molecule has 4 rings (SSSR count). The van der Waals surface area contributed by atoms with Gasteiger partial charge in [-0.1, -0.05) is 25.5 Å². The Morgan fingerprint density at radius 3 is 2.69 bits per heavy atom. The second kappa shape index (κ2) is 15.2. The molecule has 0 radical (unpaired) electrons. The summed E-state index contributed by atoms with van der Waals surface area (Å²) in [5.41, 5.74) is 2.67. The quantitative estimate of drug-likeness (QED) is 0.341. The van der Waals surface area contributed by atoms with Crippen LogP contribution in [0.5, 0.6) is 0 Å². The van der Waals surface area contributed by atoms with Crippen LogP contribution in [0.25, 0.3) is 0 Å². The maximum Gasteiger partial charge on any atom is 0.326 e. The summed E-state index contributed by atoms with van der Waals surface area (Å²) in [6.45, 7) is 4.81. The Morgan fingerprint density at radius 2 is 2.00 bits per heavy atom. The summed E-state index contributed by atoms with van der Waals surface area (Å²) in [6.07, 6.45) is 10.4. The molecule has 0 bridgehead atoms. The topological polar surface area (TPSA) is 132 Å². The standard InChI is InChI=1S/C31H42N6O4S/c1-3-24-12-15-35(29(24)30(39)34-27(31(40)41)13-16-42-2)20-26-5-4-14-37(26)28(38)11-10-25-18-33-21-36(25)19-23-8-6-22(17-32)7-9-23/h6-9,18,21,24,26-27,29H,3-5,10-16,19-20H2,1-2H3,(H,34,39)(H,40,41)/t24-,26-,27?,29?/m0/s1. The fourth-order valence-electron chi connectivity index (χ4n) is 6.27. The number of rotatable bonds is 14. The van der Waals surface area contributed by atoms with Gasteiger partial charge < -0.3 is 19.9 Å². The highest BCUT2D eigenvalue weighted by Crippen LogP contribution is 2.30. The van der Waals surface area contributed by atoms with Gasteiger partial charge in [0.2, 0.25) is 11.8 Å². The minimum Gasteiger partial charge on any atom is -0.480 e. The van der Waals surface area contributed by atoms with Crippen molar-refractivity contribution in [2.75, 3.05) is 31.6 Å². The van der Waals surface area contributed by atoms with Crippen molar-refractivity contribution in [2.24, 2.45) is 5.92 Å². The summed E-state index contributed by atoms with van der Waals surface area (Å²) >= 11 is 1.56. The molecule has 1 aromatic heterocycles. The Labute approximate surface area is 252 Å². The summed E-state index contributed by atoms with van der Waals surface area (Å²) in [5, 5.41) is 21.5. The van der Waals surface area contributed by atoms with E-state index in [0.29, 0.717) is 50.2 Å². The Bertz CT molecular complexity index is 1260. The fourth-order valence-corrected chi connectivity index (χ4v) is 6.74. The van der Waals surface area contributed by atoms with Gasteiger partial charge in [-0.3, -0.25) is 14.5 Å². The number of nitriles is 1. The molecule has 1 aromatic carbocycles. The van der Waals surface area contributed by atoms with E-state index >= 15 is 0 Å². The predicted octanol–water partition coefficient (Wildman–Crippen LogP) is 3.15. The van der Waals surface area contributed by atoms with Gasteiger partial charge >= 0.3 is 5.97 Å². The summed E-state index contributed by atoms with van der Waals surface area (Å²) in [7, 11) is 0. The molecule has 11 heteroatoms. The van der Waals surface area contributed by atoms with Crippen LogP contribution >= 0.6 is 11.8 Å². The zero-order chi connectivity index (χ0) is 30.1. The average Bonchev–Trinajstić information content (AvgIpc) is 3.74. The number of carbonyl (C=O) groups excluding carboxylic acids is 2. The molecule has 2 fully saturated rings. The van der Waals surface area contributed by atoms with Crippen molar-refractivity contribution in [2.45, 2.75) is 76.5 Å². The third-order valence-electron chi connectivity index (χ3n) is 8.62. The highest BCUT2D eigenvalue weighted by atomic mass is 32.2. The number of carboxylic acids is 1. The van der Waals surface area contributed by atoms with E-state index in [4.69, 9.17) is 5.26 Å². The first kappa shape index (κ1) is 31.6. The summed E-state index contributed by atoms with van der Waals surface area (Å²) in [4.78, 5) is 47.0. The first-order valence-corrected chi connectivity index (χ1v) is 16.3. The number of carbonyl (C=O) groups is 3. The lowest BCUT2D eigenvalue weighted by molar-refractivity contribution is -0.143. The number of thioether (sulfide) groups is 1. The van der Waals surface area contributed by atoms with Crippen molar-refractivity contribution in [3.63, 3.8) is 0 Å². The molecule has 2 N–H and O–H groups in total. The van der Waals surface area contributed by atoms with Gasteiger partial charge in [0.15, 0.2) is 0 Å². The molecule has 42 heavy (non-hydrogen) atoms. The molecular weight excluding hydrogens is 552 g/mol. The monoisotopic (exact) mass is 594 g/mol. The van der Waals surface area contributed by atoms with Crippen molar-refractivity contribution in [3.8, 4) is 6.07 Å². The maximum atomic E-state index is 13.4. The molecule has 2 amide bonds. The van der Waals surface area contributed by atoms with E-state index in [9.17, 15) is 19.5 Å². The van der Waals surface area contributed by atoms with Crippen LogP contribution in [0, 0.1) is 17.2 Å². The number of aromatic nitrogens is 2. The van der Waals surface area contributed by atoms with E-state index in [1.165, 1.54) is 0 Å². The average molecular weight is 595 g/mol. The molecule has 2 saturated heterocycles. The van der Waals surface area contributed by atoms with Gasteiger partial charge in [0.25, 0.3) is 0 Å².